The van der Waals surface area contributed by atoms with Crippen molar-refractivity contribution in [2.24, 2.45) is 5.41 Å². The van der Waals surface area contributed by atoms with Crippen LogP contribution in [0.15, 0.2) is 60.9 Å². The van der Waals surface area contributed by atoms with E-state index in [0.717, 1.165) is 17.7 Å². The van der Waals surface area contributed by atoms with E-state index in [-0.39, 0.29) is 53.0 Å². The summed E-state index contributed by atoms with van der Waals surface area (Å²) in [5.41, 5.74) is -1.95. The average molecular weight is 630 g/mol. The number of amides is 1. The molecule has 4 rings (SSSR count). The molecular formula is C33H37BF6N4O. The highest BCUT2D eigenvalue weighted by molar-refractivity contribution is 6.31. The number of alkyl halides is 6. The van der Waals surface area contributed by atoms with Crippen molar-refractivity contribution < 1.29 is 31.1 Å². The van der Waals surface area contributed by atoms with Crippen LogP contribution in [0.3, 0.4) is 0 Å². The molecule has 3 atom stereocenters. The van der Waals surface area contributed by atoms with E-state index in [1.54, 1.807) is 4.90 Å². The van der Waals surface area contributed by atoms with Crippen LogP contribution in [-0.2, 0) is 30.1 Å². The second kappa shape index (κ2) is 13.4. The van der Waals surface area contributed by atoms with E-state index >= 15 is 0 Å². The molecule has 2 aromatic carbocycles. The van der Waals surface area contributed by atoms with E-state index in [1.165, 1.54) is 12.4 Å². The zero-order valence-electron chi connectivity index (χ0n) is 25.8. The minimum atomic E-state index is -4.98. The molecule has 5 nitrogen and oxygen atoms in total. The summed E-state index contributed by atoms with van der Waals surface area (Å²) in [4.78, 5) is 26.0. The molecule has 0 aliphatic carbocycles. The molecule has 1 fully saturated rings. The lowest BCUT2D eigenvalue weighted by molar-refractivity contribution is -0.143. The molecule has 0 spiro atoms. The number of piperidine rings is 1. The molecule has 12 heteroatoms. The summed E-state index contributed by atoms with van der Waals surface area (Å²) in [5, 5.41) is 0. The number of nitrogens with zero attached hydrogens (tertiary/aromatic N) is 4. The van der Waals surface area contributed by atoms with Gasteiger partial charge in [-0.2, -0.15) is 26.3 Å². The molecule has 240 valence electrons. The first-order chi connectivity index (χ1) is 20.9. The number of benzene rings is 2. The Balaban J connectivity index is 1.79. The van der Waals surface area contributed by atoms with Gasteiger partial charge < -0.3 is 9.80 Å². The Morgan fingerprint density at radius 3 is 1.96 bits per heavy atom. The Bertz CT molecular complexity index is 1410. The van der Waals surface area contributed by atoms with E-state index in [0.29, 0.717) is 32.1 Å². The van der Waals surface area contributed by atoms with Crippen molar-refractivity contribution in [3.63, 3.8) is 0 Å². The third kappa shape index (κ3) is 9.01. The summed E-state index contributed by atoms with van der Waals surface area (Å²) in [7, 11) is 5.81. The number of halogens is 6. The molecule has 1 aliphatic heterocycles. The Kier molecular flexibility index (Phi) is 10.2. The summed E-state index contributed by atoms with van der Waals surface area (Å²) < 4.78 is 82.4. The molecule has 0 bridgehead atoms. The highest BCUT2D eigenvalue weighted by Crippen LogP contribution is 2.38. The van der Waals surface area contributed by atoms with Gasteiger partial charge in [0.25, 0.3) is 0 Å². The van der Waals surface area contributed by atoms with Crippen LogP contribution in [0.2, 0.25) is 0 Å². The zero-order valence-corrected chi connectivity index (χ0v) is 25.8. The number of rotatable bonds is 8. The van der Waals surface area contributed by atoms with Crippen molar-refractivity contribution in [3.05, 3.63) is 83.2 Å². The van der Waals surface area contributed by atoms with E-state index < -0.39 is 29.5 Å². The Labute approximate surface area is 261 Å². The van der Waals surface area contributed by atoms with E-state index in [9.17, 15) is 31.1 Å². The number of likely N-dealkylation sites (tertiary alicyclic amines) is 1. The maximum absolute atomic E-state index is 13.8. The highest BCUT2D eigenvalue weighted by atomic mass is 19.4. The van der Waals surface area contributed by atoms with Crippen LogP contribution in [0, 0.1) is 5.41 Å². The lowest BCUT2D eigenvalue weighted by atomic mass is 9.83. The van der Waals surface area contributed by atoms with Crippen LogP contribution < -0.4 is 10.4 Å². The van der Waals surface area contributed by atoms with E-state index in [4.69, 9.17) is 7.85 Å². The molecule has 0 N–H and O–H groups in total. The smallest absolute Gasteiger partial charge is 0.336 e. The number of aromatic nitrogens is 2. The van der Waals surface area contributed by atoms with Gasteiger partial charge in [0, 0.05) is 43.5 Å². The van der Waals surface area contributed by atoms with Crippen LogP contribution in [0.25, 0.3) is 0 Å². The maximum atomic E-state index is 13.8. The van der Waals surface area contributed by atoms with Crippen molar-refractivity contribution in [1.29, 1.82) is 0 Å². The number of carbonyl (C=O) groups excluding carboxylic acids is 1. The molecule has 2 heterocycles. The third-order valence-corrected chi connectivity index (χ3v) is 7.99. The van der Waals surface area contributed by atoms with Gasteiger partial charge in [-0.15, -0.1) is 0 Å². The van der Waals surface area contributed by atoms with Crippen LogP contribution in [0.4, 0.5) is 32.3 Å². The predicted molar refractivity (Wildman–Crippen MR) is 162 cm³/mol. The monoisotopic (exact) mass is 630 g/mol. The Morgan fingerprint density at radius 2 is 1.44 bits per heavy atom. The van der Waals surface area contributed by atoms with Gasteiger partial charge in [-0.1, -0.05) is 63.5 Å². The number of hydrogen-bond donors (Lipinski definition) is 0. The van der Waals surface area contributed by atoms with Gasteiger partial charge in [0.05, 0.1) is 11.1 Å². The van der Waals surface area contributed by atoms with Gasteiger partial charge in [0.2, 0.25) is 11.9 Å². The molecule has 0 saturated carbocycles. The fourth-order valence-electron chi connectivity index (χ4n) is 6.04. The van der Waals surface area contributed by atoms with Gasteiger partial charge in [0.1, 0.15) is 7.85 Å². The Hall–Kier alpha value is -3.57. The standard InChI is InChI=1S/C33H37BF6N4O/c1-5-26-15-27(16-28(13-21-9-7-6-8-10-21)44(26)29(45)17-31(2,3)4)43(30-41-18-25(34)19-42-30)20-22-11-23(32(35,36)37)14-24(12-22)33(38,39)40/h6-12,14,18-19,26-28H,5,13,15-17,20H2,1-4H3/t26-,27+,28+/m1/s1. The largest absolute Gasteiger partial charge is 0.416 e. The van der Waals surface area contributed by atoms with Crippen molar-refractivity contribution in [2.75, 3.05) is 4.90 Å². The van der Waals surface area contributed by atoms with Crippen LogP contribution >= 0.6 is 0 Å². The minimum absolute atomic E-state index is 0.0108. The zero-order chi connectivity index (χ0) is 33.2. The first-order valence-electron chi connectivity index (χ1n) is 14.9. The summed E-state index contributed by atoms with van der Waals surface area (Å²) in [5.74, 6) is 0.139. The molecule has 3 aromatic rings. The van der Waals surface area contributed by atoms with Crippen LogP contribution in [0.1, 0.15) is 75.6 Å². The predicted octanol–water partition coefficient (Wildman–Crippen LogP) is 7.13. The van der Waals surface area contributed by atoms with E-state index in [1.807, 2.05) is 62.9 Å². The van der Waals surface area contributed by atoms with Gasteiger partial charge in [-0.25, -0.2) is 9.97 Å². The molecular weight excluding hydrogens is 593 g/mol. The van der Waals surface area contributed by atoms with Crippen LogP contribution in [0.5, 0.6) is 0 Å². The molecule has 1 aromatic heterocycles. The minimum Gasteiger partial charge on any atom is -0.336 e. The van der Waals surface area contributed by atoms with Crippen molar-refractivity contribution >= 4 is 25.2 Å². The van der Waals surface area contributed by atoms with Crippen molar-refractivity contribution in [2.45, 2.75) is 96.8 Å². The van der Waals surface area contributed by atoms with Gasteiger partial charge >= 0.3 is 12.4 Å². The van der Waals surface area contributed by atoms with E-state index in [2.05, 4.69) is 9.97 Å². The second-order valence-corrected chi connectivity index (χ2v) is 12.9. The van der Waals surface area contributed by atoms with Crippen LogP contribution in [-0.4, -0.2) is 46.7 Å². The fourth-order valence-corrected chi connectivity index (χ4v) is 6.04. The SMILES string of the molecule is [B]c1cnc(N(Cc2cc(C(F)(F)F)cc(C(F)(F)F)c2)[C@H]2C[C@@H](CC)N(C(=O)CC(C)(C)C)[C@@H](Cc3ccccc3)C2)nc1. The summed E-state index contributed by atoms with van der Waals surface area (Å²) in [6, 6.07) is 10.3. The summed E-state index contributed by atoms with van der Waals surface area (Å²) in [6.45, 7) is 7.64. The molecule has 0 unspecified atom stereocenters. The quantitative estimate of drug-likeness (QED) is 0.196. The van der Waals surface area contributed by atoms with Gasteiger partial charge in [0.15, 0.2) is 0 Å². The third-order valence-electron chi connectivity index (χ3n) is 7.99. The fraction of sp³-hybridized carbons (Fsp3) is 0.485. The molecule has 45 heavy (non-hydrogen) atoms. The maximum Gasteiger partial charge on any atom is 0.416 e. The molecule has 1 saturated heterocycles. The lowest BCUT2D eigenvalue weighted by Crippen LogP contribution is -2.58. The molecule has 1 aliphatic rings. The Morgan fingerprint density at radius 1 is 0.889 bits per heavy atom. The first kappa shape index (κ1) is 34.3. The topological polar surface area (TPSA) is 49.3 Å². The number of hydrogen-bond acceptors (Lipinski definition) is 4. The normalized spacial score (nSPS) is 19.4. The first-order valence-corrected chi connectivity index (χ1v) is 14.9. The highest BCUT2D eigenvalue weighted by Gasteiger charge is 2.42. The second-order valence-electron chi connectivity index (χ2n) is 12.9. The number of anilines is 1. The van der Waals surface area contributed by atoms with Crippen molar-refractivity contribution in [1.82, 2.24) is 14.9 Å². The average Bonchev–Trinajstić information content (AvgIpc) is 2.94. The lowest BCUT2D eigenvalue weighted by Gasteiger charge is -2.49. The number of carbonyl (C=O) groups is 1. The van der Waals surface area contributed by atoms with Gasteiger partial charge in [-0.3, -0.25) is 4.79 Å². The van der Waals surface area contributed by atoms with Gasteiger partial charge in [-0.05, 0) is 60.4 Å². The molecule has 2 radical (unpaired) electrons. The summed E-state index contributed by atoms with van der Waals surface area (Å²) >= 11 is 0. The molecule has 1 amide bonds. The summed E-state index contributed by atoms with van der Waals surface area (Å²) in [6.07, 6.45) is -4.97. The van der Waals surface area contributed by atoms with Crippen molar-refractivity contribution in [3.8, 4) is 0 Å².